The first-order valence-corrected chi connectivity index (χ1v) is 7.47. The largest absolute Gasteiger partial charge is 0.495 e. The molecular weight excluding hydrogens is 260 g/mol. The Morgan fingerprint density at radius 1 is 1.19 bits per heavy atom. The van der Waals surface area contributed by atoms with Gasteiger partial charge in [-0.15, -0.1) is 0 Å². The van der Waals surface area contributed by atoms with Crippen LogP contribution in [0.1, 0.15) is 29.2 Å². The predicted octanol–water partition coefficient (Wildman–Crippen LogP) is 3.65. The lowest BCUT2D eigenvalue weighted by molar-refractivity contribution is 0.415. The first-order chi connectivity index (χ1) is 10.3. The van der Waals surface area contributed by atoms with E-state index in [1.165, 1.54) is 16.7 Å². The van der Waals surface area contributed by atoms with E-state index >= 15 is 0 Å². The Bertz CT molecular complexity index is 624. The van der Waals surface area contributed by atoms with E-state index in [2.05, 4.69) is 54.0 Å². The van der Waals surface area contributed by atoms with Gasteiger partial charge in [0.05, 0.1) is 18.8 Å². The van der Waals surface area contributed by atoms with Crippen LogP contribution in [0.2, 0.25) is 0 Å². The molecule has 0 radical (unpaired) electrons. The van der Waals surface area contributed by atoms with Gasteiger partial charge < -0.3 is 15.4 Å². The van der Waals surface area contributed by atoms with Crippen LogP contribution in [0.25, 0.3) is 0 Å². The summed E-state index contributed by atoms with van der Waals surface area (Å²) in [4.78, 5) is 0. The van der Waals surface area contributed by atoms with E-state index in [1.54, 1.807) is 7.11 Å². The number of hydrogen-bond donors (Lipinski definition) is 2. The van der Waals surface area contributed by atoms with E-state index in [0.29, 0.717) is 6.04 Å². The molecule has 1 aliphatic heterocycles. The first kappa shape index (κ1) is 14.0. The van der Waals surface area contributed by atoms with Crippen LogP contribution in [0.15, 0.2) is 42.5 Å². The Kier molecular flexibility index (Phi) is 4.11. The van der Waals surface area contributed by atoms with E-state index < -0.39 is 0 Å². The molecule has 0 aromatic heterocycles. The SMILES string of the molecule is COc1ccc(C)cc1NC1CCNCc2ccccc21. The zero-order valence-corrected chi connectivity index (χ0v) is 12.6. The van der Waals surface area contributed by atoms with Gasteiger partial charge in [-0.05, 0) is 48.7 Å². The molecule has 110 valence electrons. The number of nitrogens with one attached hydrogen (secondary N) is 2. The molecule has 1 unspecified atom stereocenters. The molecule has 0 fully saturated rings. The maximum atomic E-state index is 5.48. The second-order valence-electron chi connectivity index (χ2n) is 5.56. The molecule has 1 heterocycles. The van der Waals surface area contributed by atoms with Crippen LogP contribution >= 0.6 is 0 Å². The van der Waals surface area contributed by atoms with Crippen molar-refractivity contribution < 1.29 is 4.74 Å². The summed E-state index contributed by atoms with van der Waals surface area (Å²) in [5, 5.41) is 7.16. The normalized spacial score (nSPS) is 17.7. The zero-order valence-electron chi connectivity index (χ0n) is 12.6. The fourth-order valence-corrected chi connectivity index (χ4v) is 2.93. The molecule has 0 aliphatic carbocycles. The minimum absolute atomic E-state index is 0.312. The Morgan fingerprint density at radius 2 is 2.05 bits per heavy atom. The summed E-state index contributed by atoms with van der Waals surface area (Å²) in [7, 11) is 1.72. The van der Waals surface area contributed by atoms with Crippen molar-refractivity contribution in [2.75, 3.05) is 19.0 Å². The van der Waals surface area contributed by atoms with Crippen molar-refractivity contribution in [3.05, 3.63) is 59.2 Å². The van der Waals surface area contributed by atoms with Gasteiger partial charge in [-0.3, -0.25) is 0 Å². The molecule has 1 aliphatic rings. The molecule has 3 nitrogen and oxygen atoms in total. The summed E-state index contributed by atoms with van der Waals surface area (Å²) < 4.78 is 5.48. The lowest BCUT2D eigenvalue weighted by Crippen LogP contribution is -2.15. The van der Waals surface area contributed by atoms with Gasteiger partial charge in [0.1, 0.15) is 5.75 Å². The number of fused-ring (bicyclic) bond motifs is 1. The van der Waals surface area contributed by atoms with Crippen LogP contribution in [-0.2, 0) is 6.54 Å². The lowest BCUT2D eigenvalue weighted by atomic mass is 9.99. The summed E-state index contributed by atoms with van der Waals surface area (Å²) in [5.41, 5.74) is 5.06. The van der Waals surface area contributed by atoms with Crippen molar-refractivity contribution in [1.82, 2.24) is 5.32 Å². The third-order valence-corrected chi connectivity index (χ3v) is 4.04. The van der Waals surface area contributed by atoms with Crippen molar-refractivity contribution in [2.45, 2.75) is 25.9 Å². The maximum absolute atomic E-state index is 5.48. The quantitative estimate of drug-likeness (QED) is 0.901. The molecule has 0 saturated heterocycles. The molecule has 1 atom stereocenters. The first-order valence-electron chi connectivity index (χ1n) is 7.47. The van der Waals surface area contributed by atoms with E-state index in [-0.39, 0.29) is 0 Å². The molecule has 21 heavy (non-hydrogen) atoms. The van der Waals surface area contributed by atoms with Gasteiger partial charge in [0.15, 0.2) is 0 Å². The maximum Gasteiger partial charge on any atom is 0.141 e. The zero-order chi connectivity index (χ0) is 14.7. The van der Waals surface area contributed by atoms with Crippen molar-refractivity contribution in [2.24, 2.45) is 0 Å². The highest BCUT2D eigenvalue weighted by Gasteiger charge is 2.19. The topological polar surface area (TPSA) is 33.3 Å². The third kappa shape index (κ3) is 3.03. The van der Waals surface area contributed by atoms with Gasteiger partial charge in [0.2, 0.25) is 0 Å². The fourth-order valence-electron chi connectivity index (χ4n) is 2.93. The predicted molar refractivity (Wildman–Crippen MR) is 86.9 cm³/mol. The van der Waals surface area contributed by atoms with Gasteiger partial charge in [0, 0.05) is 6.54 Å². The number of ether oxygens (including phenoxy) is 1. The lowest BCUT2D eigenvalue weighted by Gasteiger charge is -2.22. The summed E-state index contributed by atoms with van der Waals surface area (Å²) in [6.07, 6.45) is 1.06. The van der Waals surface area contributed by atoms with Gasteiger partial charge in [0.25, 0.3) is 0 Å². The van der Waals surface area contributed by atoms with Gasteiger partial charge in [-0.25, -0.2) is 0 Å². The third-order valence-electron chi connectivity index (χ3n) is 4.04. The molecule has 2 aromatic rings. The fraction of sp³-hybridized carbons (Fsp3) is 0.333. The van der Waals surface area contributed by atoms with Crippen LogP contribution in [0.3, 0.4) is 0 Å². The highest BCUT2D eigenvalue weighted by molar-refractivity contribution is 5.59. The minimum atomic E-state index is 0.312. The molecular formula is C18H22N2O. The average Bonchev–Trinajstić information content (AvgIpc) is 2.70. The monoisotopic (exact) mass is 282 g/mol. The van der Waals surface area contributed by atoms with Crippen LogP contribution in [0, 0.1) is 6.92 Å². The van der Waals surface area contributed by atoms with E-state index in [9.17, 15) is 0 Å². The Hall–Kier alpha value is -2.00. The van der Waals surface area contributed by atoms with E-state index in [1.807, 2.05) is 6.07 Å². The second-order valence-corrected chi connectivity index (χ2v) is 5.56. The summed E-state index contributed by atoms with van der Waals surface area (Å²) >= 11 is 0. The molecule has 0 saturated carbocycles. The number of methoxy groups -OCH3 is 1. The van der Waals surface area contributed by atoms with Crippen LogP contribution < -0.4 is 15.4 Å². The highest BCUT2D eigenvalue weighted by atomic mass is 16.5. The van der Waals surface area contributed by atoms with Crippen molar-refractivity contribution in [3.8, 4) is 5.75 Å². The Balaban J connectivity index is 1.93. The van der Waals surface area contributed by atoms with Crippen LogP contribution in [0.4, 0.5) is 5.69 Å². The van der Waals surface area contributed by atoms with Crippen molar-refractivity contribution in [1.29, 1.82) is 0 Å². The molecule has 0 spiro atoms. The summed E-state index contributed by atoms with van der Waals surface area (Å²) in [6.45, 7) is 4.06. The molecule has 3 heteroatoms. The number of rotatable bonds is 3. The van der Waals surface area contributed by atoms with Gasteiger partial charge in [-0.1, -0.05) is 30.3 Å². The number of hydrogen-bond acceptors (Lipinski definition) is 3. The molecule has 3 rings (SSSR count). The minimum Gasteiger partial charge on any atom is -0.495 e. The van der Waals surface area contributed by atoms with Crippen molar-refractivity contribution >= 4 is 5.69 Å². The number of anilines is 1. The standard InChI is InChI=1S/C18H22N2O/c1-13-7-8-18(21-2)17(11-13)20-16-9-10-19-12-14-5-3-4-6-15(14)16/h3-8,11,16,19-20H,9-10,12H2,1-2H3. The van der Waals surface area contributed by atoms with Gasteiger partial charge in [-0.2, -0.15) is 0 Å². The van der Waals surface area contributed by atoms with Gasteiger partial charge >= 0.3 is 0 Å². The Labute approximate surface area is 126 Å². The van der Waals surface area contributed by atoms with Crippen LogP contribution in [0.5, 0.6) is 5.75 Å². The Morgan fingerprint density at radius 3 is 2.90 bits per heavy atom. The molecule has 0 amide bonds. The molecule has 2 aromatic carbocycles. The smallest absolute Gasteiger partial charge is 0.141 e. The average molecular weight is 282 g/mol. The number of benzene rings is 2. The summed E-state index contributed by atoms with van der Waals surface area (Å²) in [5.74, 6) is 0.898. The van der Waals surface area contributed by atoms with E-state index in [0.717, 1.165) is 30.9 Å². The number of aryl methyl sites for hydroxylation is 1. The van der Waals surface area contributed by atoms with E-state index in [4.69, 9.17) is 4.74 Å². The highest BCUT2D eigenvalue weighted by Crippen LogP contribution is 2.32. The molecule has 2 N–H and O–H groups in total. The second kappa shape index (κ2) is 6.19. The summed E-state index contributed by atoms with van der Waals surface area (Å²) in [6, 6.07) is 15.2. The molecule has 0 bridgehead atoms. The van der Waals surface area contributed by atoms with Crippen molar-refractivity contribution in [3.63, 3.8) is 0 Å². The van der Waals surface area contributed by atoms with Crippen LogP contribution in [-0.4, -0.2) is 13.7 Å².